The van der Waals surface area contributed by atoms with Gasteiger partial charge in [0.1, 0.15) is 5.82 Å². The monoisotopic (exact) mass is 547 g/mol. The van der Waals surface area contributed by atoms with E-state index in [2.05, 4.69) is 58.9 Å². The fourth-order valence-electron chi connectivity index (χ4n) is 4.62. The van der Waals surface area contributed by atoms with Crippen molar-refractivity contribution in [3.05, 3.63) is 106 Å². The fraction of sp³-hybridized carbons (Fsp3) is 0.258. The summed E-state index contributed by atoms with van der Waals surface area (Å²) in [6.07, 6.45) is 8.34. The molecule has 5 rings (SSSR count). The smallest absolute Gasteiger partial charge is 0.231 e. The van der Waals surface area contributed by atoms with Gasteiger partial charge in [0.05, 0.1) is 11.9 Å². The lowest BCUT2D eigenvalue weighted by molar-refractivity contribution is 0.174. The number of halogens is 2. The number of fused-ring (bicyclic) bond motifs is 1. The molecular formula is C31H31Cl2N3O2. The Hall–Kier alpha value is -3.25. The van der Waals surface area contributed by atoms with E-state index in [1.54, 1.807) is 0 Å². The highest BCUT2D eigenvalue weighted by atomic mass is 35.5. The van der Waals surface area contributed by atoms with Gasteiger partial charge in [-0.25, -0.2) is 4.98 Å². The molecule has 0 fully saturated rings. The highest BCUT2D eigenvalue weighted by Gasteiger charge is 2.17. The highest BCUT2D eigenvalue weighted by Crippen LogP contribution is 2.33. The summed E-state index contributed by atoms with van der Waals surface area (Å²) < 4.78 is 13.5. The predicted octanol–water partition coefficient (Wildman–Crippen LogP) is 8.10. The van der Waals surface area contributed by atoms with Crippen molar-refractivity contribution in [1.82, 2.24) is 14.5 Å². The van der Waals surface area contributed by atoms with Crippen molar-refractivity contribution >= 4 is 29.3 Å². The van der Waals surface area contributed by atoms with Gasteiger partial charge in [0.15, 0.2) is 11.5 Å². The van der Waals surface area contributed by atoms with Gasteiger partial charge >= 0.3 is 0 Å². The van der Waals surface area contributed by atoms with Crippen molar-refractivity contribution in [2.45, 2.75) is 39.4 Å². The molecule has 0 radical (unpaired) electrons. The van der Waals surface area contributed by atoms with Gasteiger partial charge in [0, 0.05) is 47.4 Å². The number of unbranched alkanes of at least 4 members (excludes halogenated alkanes) is 1. The lowest BCUT2D eigenvalue weighted by atomic mass is 10.1. The summed E-state index contributed by atoms with van der Waals surface area (Å²) in [5.74, 6) is 2.59. The van der Waals surface area contributed by atoms with Gasteiger partial charge < -0.3 is 14.0 Å². The summed E-state index contributed by atoms with van der Waals surface area (Å²) in [4.78, 5) is 7.23. The normalized spacial score (nSPS) is 12.6. The van der Waals surface area contributed by atoms with E-state index in [-0.39, 0.29) is 6.79 Å². The van der Waals surface area contributed by atoms with Crippen LogP contribution in [0.4, 0.5) is 0 Å². The van der Waals surface area contributed by atoms with E-state index in [0.717, 1.165) is 66.5 Å². The number of imidazole rings is 1. The average molecular weight is 549 g/mol. The van der Waals surface area contributed by atoms with Gasteiger partial charge in [-0.3, -0.25) is 4.90 Å². The van der Waals surface area contributed by atoms with Crippen molar-refractivity contribution in [3.8, 4) is 22.9 Å². The molecule has 7 heteroatoms. The number of hydrogen-bond donors (Lipinski definition) is 0. The van der Waals surface area contributed by atoms with E-state index in [1.807, 2.05) is 42.6 Å². The van der Waals surface area contributed by atoms with Crippen LogP contribution in [0.3, 0.4) is 0 Å². The molecule has 0 saturated heterocycles. The van der Waals surface area contributed by atoms with Crippen LogP contribution in [-0.4, -0.2) is 27.8 Å². The van der Waals surface area contributed by atoms with Gasteiger partial charge in [0.2, 0.25) is 6.79 Å². The van der Waals surface area contributed by atoms with Crippen LogP contribution in [0.2, 0.25) is 10.0 Å². The zero-order valence-corrected chi connectivity index (χ0v) is 23.0. The van der Waals surface area contributed by atoms with Gasteiger partial charge in [-0.2, -0.15) is 0 Å². The van der Waals surface area contributed by atoms with E-state index in [9.17, 15) is 0 Å². The van der Waals surface area contributed by atoms with Crippen LogP contribution in [0.15, 0.2) is 79.0 Å². The first-order valence-corrected chi connectivity index (χ1v) is 13.7. The zero-order valence-electron chi connectivity index (χ0n) is 21.4. The number of benzene rings is 3. The maximum Gasteiger partial charge on any atom is 0.231 e. The van der Waals surface area contributed by atoms with Crippen LogP contribution in [0.1, 0.15) is 36.6 Å². The van der Waals surface area contributed by atoms with E-state index < -0.39 is 0 Å². The minimum atomic E-state index is 0.267. The predicted molar refractivity (Wildman–Crippen MR) is 155 cm³/mol. The van der Waals surface area contributed by atoms with Crippen molar-refractivity contribution < 1.29 is 9.47 Å². The highest BCUT2D eigenvalue weighted by molar-refractivity contribution is 6.37. The van der Waals surface area contributed by atoms with E-state index in [1.165, 1.54) is 5.69 Å². The molecule has 4 aromatic rings. The summed E-state index contributed by atoms with van der Waals surface area (Å²) in [5, 5.41) is 1.28. The molecule has 3 aromatic carbocycles. The molecule has 0 spiro atoms. The molecule has 0 aliphatic carbocycles. The Bertz CT molecular complexity index is 1380. The molecule has 0 unspecified atom stereocenters. The van der Waals surface area contributed by atoms with E-state index >= 15 is 0 Å². The number of aromatic nitrogens is 2. The quantitative estimate of drug-likeness (QED) is 0.190. The van der Waals surface area contributed by atoms with Crippen LogP contribution >= 0.6 is 23.2 Å². The van der Waals surface area contributed by atoms with Crippen molar-refractivity contribution in [2.24, 2.45) is 0 Å². The zero-order chi connectivity index (χ0) is 26.3. The standard InChI is InChI=1S/C31H31Cl2N3O2/c1-2-3-17-36-25(19-34-31(36)24-9-5-4-6-10-24)21-35(16-8-11-26-27(32)12-7-13-28(26)33)20-23-14-15-29-30(18-23)38-22-37-29/h4-15,18-19H,2-3,16-17,20-22H2,1H3. The fourth-order valence-corrected chi connectivity index (χ4v) is 5.15. The third-order valence-electron chi connectivity index (χ3n) is 6.58. The number of ether oxygens (including phenoxy) is 2. The minimum absolute atomic E-state index is 0.267. The Labute approximate surface area is 234 Å². The molecule has 0 saturated carbocycles. The van der Waals surface area contributed by atoms with E-state index in [4.69, 9.17) is 37.7 Å². The molecule has 5 nitrogen and oxygen atoms in total. The topological polar surface area (TPSA) is 39.5 Å². The molecule has 0 atom stereocenters. The van der Waals surface area contributed by atoms with Gasteiger partial charge in [-0.15, -0.1) is 0 Å². The van der Waals surface area contributed by atoms with Crippen LogP contribution in [0, 0.1) is 0 Å². The SMILES string of the molecule is CCCCn1c(CN(CC=Cc2c(Cl)cccc2Cl)Cc2ccc3c(c2)OCO3)cnc1-c1ccccc1. The summed E-state index contributed by atoms with van der Waals surface area (Å²) in [5.41, 5.74) is 4.30. The minimum Gasteiger partial charge on any atom is -0.454 e. The molecule has 0 bridgehead atoms. The Morgan fingerprint density at radius 3 is 2.53 bits per heavy atom. The lowest BCUT2D eigenvalue weighted by Crippen LogP contribution is -2.24. The molecule has 2 heterocycles. The third kappa shape index (κ3) is 6.24. The van der Waals surface area contributed by atoms with Gasteiger partial charge in [-0.1, -0.05) is 91.2 Å². The van der Waals surface area contributed by atoms with Crippen molar-refractivity contribution in [1.29, 1.82) is 0 Å². The number of rotatable bonds is 11. The summed E-state index contributed by atoms with van der Waals surface area (Å²) in [6.45, 7) is 5.59. The molecule has 0 N–H and O–H groups in total. The second-order valence-electron chi connectivity index (χ2n) is 9.34. The lowest BCUT2D eigenvalue weighted by Gasteiger charge is -2.22. The first-order valence-electron chi connectivity index (χ1n) is 12.9. The Kier molecular flexibility index (Phi) is 8.69. The Morgan fingerprint density at radius 2 is 1.74 bits per heavy atom. The maximum atomic E-state index is 6.40. The van der Waals surface area contributed by atoms with Gasteiger partial charge in [0.25, 0.3) is 0 Å². The average Bonchev–Trinajstić information content (AvgIpc) is 3.56. The largest absolute Gasteiger partial charge is 0.454 e. The number of nitrogens with zero attached hydrogens (tertiary/aromatic N) is 3. The molecule has 196 valence electrons. The molecule has 1 aromatic heterocycles. The molecule has 1 aliphatic rings. The molecule has 38 heavy (non-hydrogen) atoms. The van der Waals surface area contributed by atoms with Crippen LogP contribution in [0.5, 0.6) is 11.5 Å². The maximum absolute atomic E-state index is 6.40. The first-order chi connectivity index (χ1) is 18.6. The van der Waals surface area contributed by atoms with Crippen molar-refractivity contribution in [3.63, 3.8) is 0 Å². The van der Waals surface area contributed by atoms with E-state index in [0.29, 0.717) is 16.6 Å². The Balaban J connectivity index is 1.42. The third-order valence-corrected chi connectivity index (χ3v) is 7.24. The van der Waals surface area contributed by atoms with Crippen LogP contribution in [-0.2, 0) is 19.6 Å². The Morgan fingerprint density at radius 1 is 0.947 bits per heavy atom. The van der Waals surface area contributed by atoms with Crippen LogP contribution in [0.25, 0.3) is 17.5 Å². The van der Waals surface area contributed by atoms with Crippen LogP contribution < -0.4 is 9.47 Å². The summed E-state index contributed by atoms with van der Waals surface area (Å²) >= 11 is 12.8. The second kappa shape index (κ2) is 12.5. The van der Waals surface area contributed by atoms with Crippen molar-refractivity contribution in [2.75, 3.05) is 13.3 Å². The summed E-state index contributed by atoms with van der Waals surface area (Å²) in [6, 6.07) is 22.1. The molecular weight excluding hydrogens is 517 g/mol. The summed E-state index contributed by atoms with van der Waals surface area (Å²) in [7, 11) is 0. The molecule has 1 aliphatic heterocycles. The molecule has 0 amide bonds. The number of hydrogen-bond acceptors (Lipinski definition) is 4. The first kappa shape index (κ1) is 26.4. The second-order valence-corrected chi connectivity index (χ2v) is 10.2. The van der Waals surface area contributed by atoms with Gasteiger partial charge in [-0.05, 0) is 36.2 Å².